The molecule has 2 aromatic rings. The minimum atomic E-state index is -5.58. The molecule has 2 N–H and O–H groups in total. The maximum atomic E-state index is 13.6. The van der Waals surface area contributed by atoms with Crippen LogP contribution in [0, 0.1) is 11.8 Å². The van der Waals surface area contributed by atoms with Crippen molar-refractivity contribution in [2.24, 2.45) is 11.8 Å². The van der Waals surface area contributed by atoms with Crippen molar-refractivity contribution in [1.29, 1.82) is 0 Å². The SMILES string of the molecule is CC(C)CN(CC(OP(=O)([O-])[O-])C(CC(=O)OC1CCOC1)Cc1ccccc1)S(=O)(=O)c1ccc(N)cc1. The second-order valence-electron chi connectivity index (χ2n) is 10.0. The van der Waals surface area contributed by atoms with Crippen molar-refractivity contribution in [2.75, 3.05) is 32.0 Å². The third-order valence-electron chi connectivity index (χ3n) is 6.22. The van der Waals surface area contributed by atoms with E-state index in [9.17, 15) is 27.6 Å². The first kappa shape index (κ1) is 31.2. The molecule has 0 aliphatic carbocycles. The topological polar surface area (TPSA) is 171 Å². The Bertz CT molecular complexity index is 1210. The van der Waals surface area contributed by atoms with Gasteiger partial charge in [-0.25, -0.2) is 8.42 Å². The van der Waals surface area contributed by atoms with Crippen LogP contribution in [-0.4, -0.2) is 57.2 Å². The lowest BCUT2D eigenvalue weighted by molar-refractivity contribution is -0.346. The largest absolute Gasteiger partial charge is 0.790 e. The number of nitrogen functional groups attached to an aromatic ring is 1. The average Bonchev–Trinajstić information content (AvgIpc) is 3.35. The molecule has 11 nitrogen and oxygen atoms in total. The van der Waals surface area contributed by atoms with Crippen molar-refractivity contribution in [3.8, 4) is 0 Å². The zero-order chi connectivity index (χ0) is 28.6. The third-order valence-corrected chi connectivity index (χ3v) is 8.59. The van der Waals surface area contributed by atoms with Gasteiger partial charge in [0.1, 0.15) is 6.10 Å². The molecule has 2 aromatic carbocycles. The van der Waals surface area contributed by atoms with E-state index in [4.69, 9.17) is 19.7 Å². The van der Waals surface area contributed by atoms with Crippen molar-refractivity contribution in [2.45, 2.75) is 50.2 Å². The first-order chi connectivity index (χ1) is 18.3. The molecule has 39 heavy (non-hydrogen) atoms. The number of hydrogen-bond acceptors (Lipinski definition) is 10. The highest BCUT2D eigenvalue weighted by molar-refractivity contribution is 7.89. The molecule has 0 spiro atoms. The number of carbonyl (C=O) groups excluding carboxylic acids is 1. The molecule has 3 unspecified atom stereocenters. The summed E-state index contributed by atoms with van der Waals surface area (Å²) in [6, 6.07) is 14.5. The lowest BCUT2D eigenvalue weighted by Crippen LogP contribution is -2.45. The first-order valence-electron chi connectivity index (χ1n) is 12.7. The van der Waals surface area contributed by atoms with Crippen molar-refractivity contribution in [3.63, 3.8) is 0 Å². The number of ether oxygens (including phenoxy) is 2. The van der Waals surface area contributed by atoms with E-state index in [0.29, 0.717) is 18.7 Å². The lowest BCUT2D eigenvalue weighted by Gasteiger charge is -2.39. The number of nitrogens with zero attached hydrogens (tertiary/aromatic N) is 1. The van der Waals surface area contributed by atoms with Gasteiger partial charge in [0.2, 0.25) is 10.0 Å². The van der Waals surface area contributed by atoms with Gasteiger partial charge in [0.25, 0.3) is 0 Å². The van der Waals surface area contributed by atoms with E-state index < -0.39 is 48.5 Å². The van der Waals surface area contributed by atoms with E-state index in [2.05, 4.69) is 0 Å². The van der Waals surface area contributed by atoms with Crippen LogP contribution >= 0.6 is 7.82 Å². The number of hydrogen-bond donors (Lipinski definition) is 1. The first-order valence-corrected chi connectivity index (χ1v) is 15.6. The van der Waals surface area contributed by atoms with E-state index in [1.165, 1.54) is 24.3 Å². The molecule has 1 heterocycles. The Morgan fingerprint density at radius 3 is 2.36 bits per heavy atom. The zero-order valence-electron chi connectivity index (χ0n) is 22.0. The van der Waals surface area contributed by atoms with Gasteiger partial charge in [-0.15, -0.1) is 0 Å². The van der Waals surface area contributed by atoms with Crippen LogP contribution in [0.5, 0.6) is 0 Å². The Morgan fingerprint density at radius 1 is 1.13 bits per heavy atom. The number of carbonyl (C=O) groups is 1. The fourth-order valence-electron chi connectivity index (χ4n) is 4.41. The predicted molar refractivity (Wildman–Crippen MR) is 140 cm³/mol. The maximum Gasteiger partial charge on any atom is 0.306 e. The predicted octanol–water partition coefficient (Wildman–Crippen LogP) is 1.71. The third kappa shape index (κ3) is 9.99. The van der Waals surface area contributed by atoms with E-state index in [-0.39, 0.29) is 36.8 Å². The monoisotopic (exact) mass is 582 g/mol. The zero-order valence-corrected chi connectivity index (χ0v) is 23.7. The van der Waals surface area contributed by atoms with E-state index in [1.54, 1.807) is 44.2 Å². The van der Waals surface area contributed by atoms with Gasteiger partial charge in [-0.05, 0) is 42.2 Å². The second kappa shape index (κ2) is 13.8. The fraction of sp³-hybridized carbons (Fsp3) is 0.500. The molecule has 0 bridgehead atoms. The van der Waals surface area contributed by atoms with E-state index in [0.717, 1.165) is 9.87 Å². The molecule has 1 fully saturated rings. The van der Waals surface area contributed by atoms with Crippen molar-refractivity contribution in [3.05, 3.63) is 60.2 Å². The summed E-state index contributed by atoms with van der Waals surface area (Å²) in [6.07, 6.45) is -1.51. The van der Waals surface area contributed by atoms with Crippen LogP contribution in [0.3, 0.4) is 0 Å². The smallest absolute Gasteiger partial charge is 0.306 e. The van der Waals surface area contributed by atoms with E-state index in [1.807, 2.05) is 0 Å². The Balaban J connectivity index is 1.96. The normalized spacial score (nSPS) is 17.8. The molecule has 3 rings (SSSR count). The van der Waals surface area contributed by atoms with Gasteiger partial charge in [0, 0.05) is 31.1 Å². The molecule has 0 saturated carbocycles. The number of rotatable bonds is 14. The molecule has 0 amide bonds. The lowest BCUT2D eigenvalue weighted by atomic mass is 9.90. The number of sulfonamides is 1. The van der Waals surface area contributed by atoms with Crippen LogP contribution in [0.25, 0.3) is 0 Å². The molecule has 3 atom stereocenters. The highest BCUT2D eigenvalue weighted by Gasteiger charge is 2.34. The van der Waals surface area contributed by atoms with Gasteiger partial charge in [0.15, 0.2) is 0 Å². The van der Waals surface area contributed by atoms with Gasteiger partial charge in [-0.2, -0.15) is 4.31 Å². The molecule has 1 saturated heterocycles. The summed E-state index contributed by atoms with van der Waals surface area (Å²) in [6.45, 7) is 3.85. The summed E-state index contributed by atoms with van der Waals surface area (Å²) in [5.41, 5.74) is 6.83. The van der Waals surface area contributed by atoms with Crippen molar-refractivity contribution >= 4 is 29.5 Å². The summed E-state index contributed by atoms with van der Waals surface area (Å²) in [7, 11) is -9.73. The number of nitrogens with two attached hydrogens (primary N) is 1. The Kier molecular flexibility index (Phi) is 11.1. The second-order valence-corrected chi connectivity index (χ2v) is 13.0. The standard InChI is InChI=1S/C26H37N2O9PS/c1-19(2)16-28(39(33,34)24-10-8-22(27)9-11-24)17-25(37-38(30,31)32)21(14-20-6-4-3-5-7-20)15-26(29)36-23-12-13-35-18-23/h3-11,19,21,23,25H,12-18,27H2,1-2H3,(H2,30,31,32)/p-2. The van der Waals surface area contributed by atoms with E-state index >= 15 is 0 Å². The molecule has 1 aliphatic rings. The number of benzene rings is 2. The number of esters is 1. The van der Waals surface area contributed by atoms with Crippen LogP contribution in [-0.2, 0) is 39.8 Å². The Hall–Kier alpha value is -2.31. The summed E-state index contributed by atoms with van der Waals surface area (Å²) in [5.74, 6) is -1.67. The number of phosphoric ester groups is 1. The summed E-state index contributed by atoms with van der Waals surface area (Å²) in [5, 5.41) is 0. The molecule has 0 radical (unpaired) electrons. The van der Waals surface area contributed by atoms with Gasteiger partial charge in [-0.1, -0.05) is 44.2 Å². The summed E-state index contributed by atoms with van der Waals surface area (Å²) >= 11 is 0. The fourth-order valence-corrected chi connectivity index (χ4v) is 6.59. The van der Waals surface area contributed by atoms with Crippen LogP contribution < -0.4 is 15.5 Å². The molecule has 0 aromatic heterocycles. The van der Waals surface area contributed by atoms with Crippen molar-refractivity contribution in [1.82, 2.24) is 4.31 Å². The average molecular weight is 583 g/mol. The molecular formula is C26H35N2O9PS-2. The summed E-state index contributed by atoms with van der Waals surface area (Å²) in [4.78, 5) is 36.5. The summed E-state index contributed by atoms with van der Waals surface area (Å²) < 4.78 is 55.9. The van der Waals surface area contributed by atoms with Gasteiger partial charge >= 0.3 is 5.97 Å². The van der Waals surface area contributed by atoms with Crippen LogP contribution in [0.15, 0.2) is 59.5 Å². The highest BCUT2D eigenvalue weighted by atomic mass is 32.2. The van der Waals surface area contributed by atoms with Gasteiger partial charge in [-0.3, -0.25) is 4.79 Å². The minimum absolute atomic E-state index is 0.0104. The quantitative estimate of drug-likeness (QED) is 0.196. The minimum Gasteiger partial charge on any atom is -0.790 e. The molecular weight excluding hydrogens is 547 g/mol. The molecule has 13 heteroatoms. The van der Waals surface area contributed by atoms with Gasteiger partial charge < -0.3 is 34.1 Å². The number of phosphoric acid groups is 1. The number of anilines is 1. The Labute approximate surface area is 229 Å². The van der Waals surface area contributed by atoms with Gasteiger partial charge in [0.05, 0.1) is 38.5 Å². The molecule has 1 aliphatic heterocycles. The van der Waals surface area contributed by atoms with Crippen LogP contribution in [0.4, 0.5) is 5.69 Å². The Morgan fingerprint density at radius 2 is 1.79 bits per heavy atom. The van der Waals surface area contributed by atoms with Crippen LogP contribution in [0.2, 0.25) is 0 Å². The van der Waals surface area contributed by atoms with Crippen molar-refractivity contribution < 1.29 is 41.6 Å². The molecule has 216 valence electrons. The van der Waals surface area contributed by atoms with Crippen LogP contribution in [0.1, 0.15) is 32.3 Å². The maximum absolute atomic E-state index is 13.6. The highest BCUT2D eigenvalue weighted by Crippen LogP contribution is 2.34.